The number of hydrogen-bond donors (Lipinski definition) is 3. The summed E-state index contributed by atoms with van der Waals surface area (Å²) >= 11 is 1.86. The number of aryl methyl sites for hydroxylation is 1. The summed E-state index contributed by atoms with van der Waals surface area (Å²) in [5.41, 5.74) is 1.53. The molecular weight excluding hydrogens is 546 g/mol. The highest BCUT2D eigenvalue weighted by atomic mass is 32.1. The third-order valence-electron chi connectivity index (χ3n) is 5.59. The van der Waals surface area contributed by atoms with E-state index in [2.05, 4.69) is 38.6 Å². The van der Waals surface area contributed by atoms with E-state index in [1.807, 2.05) is 17.4 Å². The van der Waals surface area contributed by atoms with Crippen molar-refractivity contribution in [3.8, 4) is 0 Å². The van der Waals surface area contributed by atoms with Gasteiger partial charge >= 0.3 is 24.3 Å². The number of nitrogens with one attached hydrogen (secondary N) is 1. The molecule has 3 N–H and O–H groups in total. The fourth-order valence-corrected chi connectivity index (χ4v) is 4.55. The molecule has 0 aliphatic carbocycles. The minimum Gasteiger partial charge on any atom is -0.475 e. The Kier molecular flexibility index (Phi) is 10.8. The van der Waals surface area contributed by atoms with Crippen molar-refractivity contribution in [3.05, 3.63) is 40.3 Å². The van der Waals surface area contributed by atoms with Crippen LogP contribution >= 0.6 is 11.3 Å². The average Bonchev–Trinajstić information content (AvgIpc) is 3.22. The second-order valence-electron chi connectivity index (χ2n) is 8.63. The van der Waals surface area contributed by atoms with Gasteiger partial charge in [-0.2, -0.15) is 26.3 Å². The molecule has 16 heteroatoms. The molecule has 0 amide bonds. The molecule has 0 bridgehead atoms. The first kappa shape index (κ1) is 31.2. The van der Waals surface area contributed by atoms with Gasteiger partial charge in [0, 0.05) is 43.4 Å². The molecular formula is C22H26F6N4O5S. The van der Waals surface area contributed by atoms with Crippen LogP contribution in [0.2, 0.25) is 0 Å². The number of nitrogens with zero attached hydrogens (tertiary/aromatic N) is 3. The molecule has 38 heavy (non-hydrogen) atoms. The standard InChI is InChI=1S/C18H24N4OS.2C2HF3O2/c1-14-4-8-24-16(14)10-22-12-18(13-22)5-3-15(11-23-18)9-21-17-19-6-2-7-20-17;2*3-2(4,5)1(6)7/h2,4,6-8,15H,3,5,9-13H2,1H3,(H,19,20,21);2*(H,6,7). The van der Waals surface area contributed by atoms with Crippen LogP contribution in [0.4, 0.5) is 32.3 Å². The van der Waals surface area contributed by atoms with Gasteiger partial charge in [0.25, 0.3) is 0 Å². The van der Waals surface area contributed by atoms with E-state index < -0.39 is 24.3 Å². The highest BCUT2D eigenvalue weighted by Gasteiger charge is 2.46. The lowest BCUT2D eigenvalue weighted by atomic mass is 9.83. The van der Waals surface area contributed by atoms with E-state index in [-0.39, 0.29) is 5.60 Å². The van der Waals surface area contributed by atoms with Crippen LogP contribution in [0.15, 0.2) is 29.9 Å². The molecule has 0 radical (unpaired) electrons. The highest BCUT2D eigenvalue weighted by molar-refractivity contribution is 7.10. The molecule has 1 unspecified atom stereocenters. The third-order valence-corrected chi connectivity index (χ3v) is 6.60. The van der Waals surface area contributed by atoms with Gasteiger partial charge in [0.05, 0.1) is 12.2 Å². The topological polar surface area (TPSA) is 125 Å². The molecule has 2 saturated heterocycles. The number of likely N-dealkylation sites (tertiary alicyclic amines) is 1. The molecule has 2 aromatic rings. The Morgan fingerprint density at radius 3 is 2.11 bits per heavy atom. The third kappa shape index (κ3) is 10.1. The summed E-state index contributed by atoms with van der Waals surface area (Å²) in [7, 11) is 0. The predicted octanol–water partition coefficient (Wildman–Crippen LogP) is 4.21. The summed E-state index contributed by atoms with van der Waals surface area (Å²) in [4.78, 5) is 30.2. The number of hydrogen-bond acceptors (Lipinski definition) is 8. The molecule has 1 spiro atoms. The van der Waals surface area contributed by atoms with Crippen LogP contribution in [0.5, 0.6) is 0 Å². The molecule has 4 heterocycles. The van der Waals surface area contributed by atoms with Crippen molar-refractivity contribution in [3.63, 3.8) is 0 Å². The van der Waals surface area contributed by atoms with Gasteiger partial charge in [0.2, 0.25) is 5.95 Å². The first-order valence-electron chi connectivity index (χ1n) is 11.1. The summed E-state index contributed by atoms with van der Waals surface area (Å²) in [5.74, 6) is -4.26. The van der Waals surface area contributed by atoms with Gasteiger partial charge in [-0.1, -0.05) is 0 Å². The van der Waals surface area contributed by atoms with Crippen molar-refractivity contribution in [1.82, 2.24) is 14.9 Å². The van der Waals surface area contributed by atoms with Gasteiger partial charge in [-0.3, -0.25) is 4.90 Å². The Hall–Kier alpha value is -2.98. The number of carbonyl (C=O) groups is 2. The largest absolute Gasteiger partial charge is 0.490 e. The van der Waals surface area contributed by atoms with Gasteiger partial charge in [-0.25, -0.2) is 19.6 Å². The zero-order valence-corrected chi connectivity index (χ0v) is 20.9. The van der Waals surface area contributed by atoms with Crippen molar-refractivity contribution >= 4 is 29.2 Å². The summed E-state index contributed by atoms with van der Waals surface area (Å²) in [6.45, 7) is 7.15. The van der Waals surface area contributed by atoms with Gasteiger partial charge in [0.15, 0.2) is 0 Å². The van der Waals surface area contributed by atoms with Gasteiger partial charge in [-0.05, 0) is 48.8 Å². The Morgan fingerprint density at radius 2 is 1.68 bits per heavy atom. The van der Waals surface area contributed by atoms with E-state index in [9.17, 15) is 26.3 Å². The minimum absolute atomic E-state index is 0.116. The second-order valence-corrected chi connectivity index (χ2v) is 9.63. The molecule has 9 nitrogen and oxygen atoms in total. The van der Waals surface area contributed by atoms with Crippen molar-refractivity contribution in [2.24, 2.45) is 5.92 Å². The first-order chi connectivity index (χ1) is 17.6. The number of halogens is 6. The maximum absolute atomic E-state index is 10.6. The monoisotopic (exact) mass is 572 g/mol. The first-order valence-corrected chi connectivity index (χ1v) is 12.0. The lowest BCUT2D eigenvalue weighted by Gasteiger charge is -2.53. The molecule has 212 valence electrons. The van der Waals surface area contributed by atoms with E-state index >= 15 is 0 Å². The van der Waals surface area contributed by atoms with Crippen LogP contribution in [0.3, 0.4) is 0 Å². The van der Waals surface area contributed by atoms with Crippen LogP contribution in [-0.2, 0) is 20.9 Å². The van der Waals surface area contributed by atoms with Crippen LogP contribution < -0.4 is 5.32 Å². The fourth-order valence-electron chi connectivity index (χ4n) is 3.60. The maximum atomic E-state index is 10.6. The number of aliphatic carboxylic acids is 2. The summed E-state index contributed by atoms with van der Waals surface area (Å²) < 4.78 is 69.7. The van der Waals surface area contributed by atoms with Crippen LogP contribution in [0.1, 0.15) is 23.3 Å². The number of anilines is 1. The van der Waals surface area contributed by atoms with E-state index in [4.69, 9.17) is 24.5 Å². The normalized spacial score (nSPS) is 18.8. The molecule has 0 saturated carbocycles. The van der Waals surface area contributed by atoms with E-state index in [1.54, 1.807) is 12.4 Å². The van der Waals surface area contributed by atoms with Crippen molar-refractivity contribution in [1.29, 1.82) is 0 Å². The van der Waals surface area contributed by atoms with Gasteiger partial charge < -0.3 is 20.3 Å². The minimum atomic E-state index is -5.08. The summed E-state index contributed by atoms with van der Waals surface area (Å²) in [6.07, 6.45) is -4.26. The van der Waals surface area contributed by atoms with E-state index in [0.29, 0.717) is 11.9 Å². The molecule has 2 fully saturated rings. The zero-order chi connectivity index (χ0) is 28.6. The number of aromatic nitrogens is 2. The van der Waals surface area contributed by atoms with Gasteiger partial charge in [0.1, 0.15) is 0 Å². The smallest absolute Gasteiger partial charge is 0.475 e. The van der Waals surface area contributed by atoms with Gasteiger partial charge in [-0.15, -0.1) is 11.3 Å². The number of thiophene rings is 1. The fraction of sp³-hybridized carbons (Fsp3) is 0.545. The zero-order valence-electron chi connectivity index (χ0n) is 20.1. The average molecular weight is 573 g/mol. The molecule has 4 rings (SSSR count). The predicted molar refractivity (Wildman–Crippen MR) is 124 cm³/mol. The highest BCUT2D eigenvalue weighted by Crippen LogP contribution is 2.37. The van der Waals surface area contributed by atoms with Crippen LogP contribution in [0.25, 0.3) is 0 Å². The van der Waals surface area contributed by atoms with Crippen LogP contribution in [-0.4, -0.2) is 81.2 Å². The number of carboxylic acid groups (broad SMARTS) is 2. The maximum Gasteiger partial charge on any atom is 0.490 e. The van der Waals surface area contributed by atoms with Crippen LogP contribution in [0, 0.1) is 12.8 Å². The lowest BCUT2D eigenvalue weighted by Crippen LogP contribution is -2.64. The van der Waals surface area contributed by atoms with Crippen molar-refractivity contribution < 1.29 is 50.9 Å². The quantitative estimate of drug-likeness (QED) is 0.452. The Balaban J connectivity index is 0.000000301. The number of rotatable bonds is 5. The SMILES string of the molecule is Cc1ccsc1CN1CC2(CCC(CNc3ncccn3)CO2)C1.O=C(O)C(F)(F)F.O=C(O)C(F)(F)F. The lowest BCUT2D eigenvalue weighted by molar-refractivity contribution is -0.193. The molecule has 2 aliphatic heterocycles. The van der Waals surface area contributed by atoms with E-state index in [1.165, 1.54) is 16.9 Å². The van der Waals surface area contributed by atoms with Crippen molar-refractivity contribution in [2.45, 2.75) is 44.3 Å². The molecule has 2 aromatic heterocycles. The Labute approximate surface area is 217 Å². The summed E-state index contributed by atoms with van der Waals surface area (Å²) in [5, 5.41) is 19.7. The van der Waals surface area contributed by atoms with E-state index in [0.717, 1.165) is 39.2 Å². The summed E-state index contributed by atoms with van der Waals surface area (Å²) in [6, 6.07) is 4.04. The number of alkyl halides is 6. The Morgan fingerprint density at radius 1 is 1.13 bits per heavy atom. The Bertz CT molecular complexity index is 1010. The van der Waals surface area contributed by atoms with Crippen molar-refractivity contribution in [2.75, 3.05) is 31.6 Å². The molecule has 2 aliphatic rings. The molecule has 1 atom stereocenters. The molecule has 0 aromatic carbocycles. The number of carboxylic acids is 2. The second kappa shape index (κ2) is 13.2. The number of ether oxygens (including phenoxy) is 1.